The molecular weight excluding hydrogens is 305 g/mol. The first-order valence-electron chi connectivity index (χ1n) is 6.12. The number of hydrogen-bond donors (Lipinski definition) is 0. The molecule has 1 atom stereocenters. The Balaban J connectivity index is 2.83. The molecule has 1 aromatic carbocycles. The second-order valence-corrected chi connectivity index (χ2v) is 6.81. The molecule has 102 valence electrons. The number of ketones is 1. The summed E-state index contributed by atoms with van der Waals surface area (Å²) in [5.41, 5.74) is 0. The number of Topliss-reactive ketones (excluding diaryl/α,β-unsaturated/α-hetero) is 1. The summed E-state index contributed by atoms with van der Waals surface area (Å²) >= 11 is -0.166. The van der Waals surface area contributed by atoms with Crippen LogP contribution in [-0.2, 0) is 9.59 Å². The van der Waals surface area contributed by atoms with Gasteiger partial charge in [0.15, 0.2) is 0 Å². The van der Waals surface area contributed by atoms with E-state index in [1.165, 1.54) is 4.90 Å². The van der Waals surface area contributed by atoms with Crippen molar-refractivity contribution in [2.75, 3.05) is 14.1 Å². The van der Waals surface area contributed by atoms with Crippen molar-refractivity contribution < 1.29 is 9.59 Å². The van der Waals surface area contributed by atoms with Crippen LogP contribution in [-0.4, -0.2) is 45.6 Å². The van der Waals surface area contributed by atoms with E-state index in [0.29, 0.717) is 12.8 Å². The third-order valence-electron chi connectivity index (χ3n) is 2.55. The number of carbonyl (C=O) groups is 2. The van der Waals surface area contributed by atoms with Crippen molar-refractivity contribution in [3.63, 3.8) is 0 Å². The van der Waals surface area contributed by atoms with Crippen LogP contribution in [0.4, 0.5) is 0 Å². The Morgan fingerprint density at radius 2 is 1.95 bits per heavy atom. The first-order chi connectivity index (χ1) is 9.06. The van der Waals surface area contributed by atoms with Gasteiger partial charge in [0.1, 0.15) is 0 Å². The Morgan fingerprint density at radius 1 is 1.32 bits per heavy atom. The van der Waals surface area contributed by atoms with Crippen LogP contribution in [0.5, 0.6) is 0 Å². The molecule has 0 aromatic heterocycles. The van der Waals surface area contributed by atoms with Gasteiger partial charge in [-0.3, -0.25) is 0 Å². The standard InChI is InChI=1S/C15H19NO2Se/c1-4-5-11-13(17)14(15(18)16(2)3)19-12-9-7-6-8-10-12/h4,6-10,14H,1,5,11H2,2-3H3. The van der Waals surface area contributed by atoms with Crippen LogP contribution in [0.2, 0.25) is 4.82 Å². The number of nitrogens with zero attached hydrogens (tertiary/aromatic N) is 1. The third-order valence-corrected chi connectivity index (χ3v) is 5.16. The van der Waals surface area contributed by atoms with Gasteiger partial charge in [0, 0.05) is 0 Å². The Labute approximate surface area is 120 Å². The molecule has 0 aliphatic rings. The zero-order chi connectivity index (χ0) is 14.3. The third kappa shape index (κ3) is 5.01. The molecule has 0 heterocycles. The topological polar surface area (TPSA) is 37.4 Å². The predicted octanol–water partition coefficient (Wildman–Crippen LogP) is 1.43. The minimum absolute atomic E-state index is 0.0162. The summed E-state index contributed by atoms with van der Waals surface area (Å²) in [6.07, 6.45) is 2.73. The van der Waals surface area contributed by atoms with E-state index in [4.69, 9.17) is 0 Å². The van der Waals surface area contributed by atoms with Gasteiger partial charge < -0.3 is 0 Å². The molecule has 0 saturated heterocycles. The zero-order valence-electron chi connectivity index (χ0n) is 11.3. The van der Waals surface area contributed by atoms with E-state index in [-0.39, 0.29) is 26.6 Å². The average Bonchev–Trinajstić information content (AvgIpc) is 2.42. The fourth-order valence-electron chi connectivity index (χ4n) is 1.50. The molecule has 4 heteroatoms. The molecule has 19 heavy (non-hydrogen) atoms. The first-order valence-corrected chi connectivity index (χ1v) is 7.97. The van der Waals surface area contributed by atoms with Crippen molar-refractivity contribution in [2.24, 2.45) is 0 Å². The summed E-state index contributed by atoms with van der Waals surface area (Å²) < 4.78 is 1.07. The van der Waals surface area contributed by atoms with Gasteiger partial charge in [0.05, 0.1) is 0 Å². The summed E-state index contributed by atoms with van der Waals surface area (Å²) in [5, 5.41) is 0. The molecule has 3 nitrogen and oxygen atoms in total. The molecule has 0 radical (unpaired) electrons. The van der Waals surface area contributed by atoms with Crippen molar-refractivity contribution in [1.82, 2.24) is 4.90 Å². The van der Waals surface area contributed by atoms with Crippen molar-refractivity contribution >= 4 is 31.1 Å². The van der Waals surface area contributed by atoms with Crippen molar-refractivity contribution in [3.05, 3.63) is 43.0 Å². The Hall–Kier alpha value is -1.38. The second kappa shape index (κ2) is 7.92. The van der Waals surface area contributed by atoms with Gasteiger partial charge in [-0.15, -0.1) is 0 Å². The number of benzene rings is 1. The van der Waals surface area contributed by atoms with Gasteiger partial charge in [0.25, 0.3) is 0 Å². The summed E-state index contributed by atoms with van der Waals surface area (Å²) in [6, 6.07) is 9.74. The van der Waals surface area contributed by atoms with Gasteiger partial charge >= 0.3 is 120 Å². The van der Waals surface area contributed by atoms with Gasteiger partial charge in [-0.05, 0) is 0 Å². The summed E-state index contributed by atoms with van der Waals surface area (Å²) in [6.45, 7) is 3.61. The van der Waals surface area contributed by atoms with Gasteiger partial charge in [-0.1, -0.05) is 0 Å². The summed E-state index contributed by atoms with van der Waals surface area (Å²) in [5.74, 6) is -0.0830. The molecule has 0 aliphatic carbocycles. The van der Waals surface area contributed by atoms with Crippen LogP contribution in [0, 0.1) is 0 Å². The van der Waals surface area contributed by atoms with E-state index >= 15 is 0 Å². The number of hydrogen-bond acceptors (Lipinski definition) is 2. The molecule has 0 N–H and O–H groups in total. The zero-order valence-corrected chi connectivity index (χ0v) is 13.0. The van der Waals surface area contributed by atoms with Crippen LogP contribution in [0.3, 0.4) is 0 Å². The Bertz CT molecular complexity index is 443. The number of rotatable bonds is 7. The van der Waals surface area contributed by atoms with Crippen LogP contribution >= 0.6 is 0 Å². The number of carbonyl (C=O) groups excluding carboxylic acids is 2. The van der Waals surface area contributed by atoms with Crippen molar-refractivity contribution in [2.45, 2.75) is 17.7 Å². The number of amides is 1. The van der Waals surface area contributed by atoms with E-state index < -0.39 is 4.82 Å². The quantitative estimate of drug-likeness (QED) is 0.432. The fraction of sp³-hybridized carbons (Fsp3) is 0.333. The molecule has 0 fully saturated rings. The van der Waals surface area contributed by atoms with E-state index in [1.54, 1.807) is 20.2 Å². The van der Waals surface area contributed by atoms with Crippen LogP contribution in [0.1, 0.15) is 12.8 Å². The number of allylic oxidation sites excluding steroid dienone is 1. The first kappa shape index (κ1) is 15.7. The Morgan fingerprint density at radius 3 is 2.47 bits per heavy atom. The monoisotopic (exact) mass is 325 g/mol. The normalized spacial score (nSPS) is 11.7. The van der Waals surface area contributed by atoms with E-state index in [0.717, 1.165) is 4.46 Å². The molecule has 0 saturated carbocycles. The molecule has 0 spiro atoms. The van der Waals surface area contributed by atoms with Crippen LogP contribution < -0.4 is 4.46 Å². The average molecular weight is 324 g/mol. The summed E-state index contributed by atoms with van der Waals surface area (Å²) in [7, 11) is 3.38. The van der Waals surface area contributed by atoms with E-state index in [1.807, 2.05) is 30.3 Å². The predicted molar refractivity (Wildman–Crippen MR) is 78.7 cm³/mol. The van der Waals surface area contributed by atoms with E-state index in [2.05, 4.69) is 6.58 Å². The maximum atomic E-state index is 12.2. The van der Waals surface area contributed by atoms with Crippen molar-refractivity contribution in [1.29, 1.82) is 0 Å². The molecule has 0 bridgehead atoms. The molecule has 1 unspecified atom stereocenters. The van der Waals surface area contributed by atoms with Crippen LogP contribution in [0.25, 0.3) is 0 Å². The second-order valence-electron chi connectivity index (χ2n) is 4.34. The Kier molecular flexibility index (Phi) is 6.54. The molecule has 1 amide bonds. The van der Waals surface area contributed by atoms with Gasteiger partial charge in [-0.25, -0.2) is 0 Å². The van der Waals surface area contributed by atoms with Gasteiger partial charge in [0.2, 0.25) is 0 Å². The summed E-state index contributed by atoms with van der Waals surface area (Å²) in [4.78, 5) is 25.3. The molecular formula is C15H19NO2Se. The van der Waals surface area contributed by atoms with Gasteiger partial charge in [-0.2, -0.15) is 0 Å². The minimum atomic E-state index is -0.523. The molecule has 0 aliphatic heterocycles. The van der Waals surface area contributed by atoms with Crippen molar-refractivity contribution in [3.8, 4) is 0 Å². The SMILES string of the molecule is C=CCCC(=O)C([Se]c1ccccc1)C(=O)N(C)C. The van der Waals surface area contributed by atoms with E-state index in [9.17, 15) is 9.59 Å². The van der Waals surface area contributed by atoms with Crippen LogP contribution in [0.15, 0.2) is 43.0 Å². The maximum absolute atomic E-state index is 12.2. The molecule has 1 aromatic rings. The fourth-order valence-corrected chi connectivity index (χ4v) is 3.91. The molecule has 1 rings (SSSR count).